The molecule has 1 atom stereocenters. The van der Waals surface area contributed by atoms with E-state index in [2.05, 4.69) is 20.0 Å². The van der Waals surface area contributed by atoms with Crippen LogP contribution in [-0.4, -0.2) is 40.0 Å². The van der Waals surface area contributed by atoms with E-state index < -0.39 is 30.5 Å². The van der Waals surface area contributed by atoms with Gasteiger partial charge in [0.05, 0.1) is 12.3 Å². The summed E-state index contributed by atoms with van der Waals surface area (Å²) in [7, 11) is 0. The number of aromatic nitrogens is 2. The van der Waals surface area contributed by atoms with Crippen molar-refractivity contribution in [3.05, 3.63) is 65.9 Å². The standard InChI is InChI=1S/C22H18F5N3O3/c1-12(11-31)28-21(32)18-10-17(13-6-8-16(9-7-13)33-22(25,26)27)29-20(30-18)15-4-2-14(3-5-15)19(23)24/h2-10,12,19,31H,11H2,1H3,(H,28,32). The molecule has 1 heterocycles. The highest BCUT2D eigenvalue weighted by molar-refractivity contribution is 5.94. The van der Waals surface area contributed by atoms with Gasteiger partial charge in [0.15, 0.2) is 5.82 Å². The smallest absolute Gasteiger partial charge is 0.406 e. The highest BCUT2D eigenvalue weighted by Gasteiger charge is 2.31. The molecule has 0 bridgehead atoms. The van der Waals surface area contributed by atoms with Gasteiger partial charge in [-0.15, -0.1) is 13.2 Å². The lowest BCUT2D eigenvalue weighted by molar-refractivity contribution is -0.274. The average Bonchev–Trinajstić information content (AvgIpc) is 2.78. The first-order chi connectivity index (χ1) is 15.6. The summed E-state index contributed by atoms with van der Waals surface area (Å²) in [5.41, 5.74) is 0.635. The first-order valence-electron chi connectivity index (χ1n) is 9.61. The van der Waals surface area contributed by atoms with E-state index in [4.69, 9.17) is 0 Å². The van der Waals surface area contributed by atoms with E-state index in [-0.39, 0.29) is 29.4 Å². The number of hydrogen-bond donors (Lipinski definition) is 2. The molecule has 0 radical (unpaired) electrons. The zero-order chi connectivity index (χ0) is 24.2. The molecule has 174 valence electrons. The number of ether oxygens (including phenoxy) is 1. The van der Waals surface area contributed by atoms with Crippen molar-refractivity contribution in [1.82, 2.24) is 15.3 Å². The van der Waals surface area contributed by atoms with E-state index in [0.717, 1.165) is 12.1 Å². The fourth-order valence-electron chi connectivity index (χ4n) is 2.79. The third-order valence-electron chi connectivity index (χ3n) is 4.41. The van der Waals surface area contributed by atoms with Gasteiger partial charge in [0.1, 0.15) is 11.4 Å². The van der Waals surface area contributed by atoms with E-state index >= 15 is 0 Å². The Morgan fingerprint density at radius 3 is 2.18 bits per heavy atom. The van der Waals surface area contributed by atoms with Crippen LogP contribution in [0.4, 0.5) is 22.0 Å². The van der Waals surface area contributed by atoms with Crippen LogP contribution in [0, 0.1) is 0 Å². The SMILES string of the molecule is CC(CO)NC(=O)c1cc(-c2ccc(OC(F)(F)F)cc2)nc(-c2ccc(C(F)F)cc2)n1. The van der Waals surface area contributed by atoms with E-state index in [1.54, 1.807) is 6.92 Å². The van der Waals surface area contributed by atoms with Crippen LogP contribution in [-0.2, 0) is 0 Å². The molecule has 33 heavy (non-hydrogen) atoms. The van der Waals surface area contributed by atoms with Crippen molar-refractivity contribution < 1.29 is 36.6 Å². The second-order valence-electron chi connectivity index (χ2n) is 7.01. The summed E-state index contributed by atoms with van der Waals surface area (Å²) in [6, 6.07) is 10.7. The summed E-state index contributed by atoms with van der Waals surface area (Å²) in [6.07, 6.45) is -7.51. The van der Waals surface area contributed by atoms with Crippen molar-refractivity contribution in [2.24, 2.45) is 0 Å². The average molecular weight is 467 g/mol. The number of nitrogens with zero attached hydrogens (tertiary/aromatic N) is 2. The molecule has 1 aromatic heterocycles. The topological polar surface area (TPSA) is 84.3 Å². The molecule has 2 N–H and O–H groups in total. The number of aliphatic hydroxyl groups excluding tert-OH is 1. The number of carbonyl (C=O) groups is 1. The maximum atomic E-state index is 12.9. The lowest BCUT2D eigenvalue weighted by Gasteiger charge is -2.13. The Hall–Kier alpha value is -3.60. The van der Waals surface area contributed by atoms with Crippen LogP contribution < -0.4 is 10.1 Å². The molecule has 0 aliphatic carbocycles. The summed E-state index contributed by atoms with van der Waals surface area (Å²) in [6.45, 7) is 1.26. The minimum atomic E-state index is -4.84. The van der Waals surface area contributed by atoms with Gasteiger partial charge in [0.2, 0.25) is 0 Å². The number of hydrogen-bond acceptors (Lipinski definition) is 5. The van der Waals surface area contributed by atoms with Crippen LogP contribution in [0.1, 0.15) is 29.4 Å². The number of nitrogens with one attached hydrogen (secondary N) is 1. The third-order valence-corrected chi connectivity index (χ3v) is 4.41. The molecule has 0 aliphatic heterocycles. The molecule has 6 nitrogen and oxygen atoms in total. The quantitative estimate of drug-likeness (QED) is 0.490. The molecular weight excluding hydrogens is 449 g/mol. The number of alkyl halides is 5. The molecule has 3 aromatic rings. The van der Waals surface area contributed by atoms with Gasteiger partial charge in [-0.05, 0) is 37.3 Å². The first kappa shape index (κ1) is 24.1. The first-order valence-corrected chi connectivity index (χ1v) is 9.61. The van der Waals surface area contributed by atoms with Crippen LogP contribution in [0.5, 0.6) is 5.75 Å². The fourth-order valence-corrected chi connectivity index (χ4v) is 2.79. The van der Waals surface area contributed by atoms with Crippen molar-refractivity contribution in [2.75, 3.05) is 6.61 Å². The zero-order valence-corrected chi connectivity index (χ0v) is 17.1. The Bertz CT molecular complexity index is 1100. The normalized spacial score (nSPS) is 12.5. The Morgan fingerprint density at radius 2 is 1.64 bits per heavy atom. The van der Waals surface area contributed by atoms with Gasteiger partial charge in [-0.2, -0.15) is 0 Å². The molecule has 2 aromatic carbocycles. The van der Waals surface area contributed by atoms with E-state index in [1.165, 1.54) is 42.5 Å². The van der Waals surface area contributed by atoms with Gasteiger partial charge in [0.25, 0.3) is 12.3 Å². The third kappa shape index (κ3) is 6.45. The maximum absolute atomic E-state index is 12.9. The monoisotopic (exact) mass is 467 g/mol. The van der Waals surface area contributed by atoms with Gasteiger partial charge in [0, 0.05) is 22.7 Å². The van der Waals surface area contributed by atoms with Crippen LogP contribution in [0.2, 0.25) is 0 Å². The molecule has 0 fully saturated rings. The van der Waals surface area contributed by atoms with Crippen LogP contribution in [0.3, 0.4) is 0 Å². The lowest BCUT2D eigenvalue weighted by Crippen LogP contribution is -2.35. The van der Waals surface area contributed by atoms with Crippen molar-refractivity contribution in [3.63, 3.8) is 0 Å². The Labute approximate surface area is 185 Å². The van der Waals surface area contributed by atoms with Gasteiger partial charge in [-0.3, -0.25) is 4.79 Å². The molecule has 11 heteroatoms. The molecule has 0 saturated heterocycles. The zero-order valence-electron chi connectivity index (χ0n) is 17.1. The van der Waals surface area contributed by atoms with Gasteiger partial charge in [-0.1, -0.05) is 24.3 Å². The number of halogens is 5. The highest BCUT2D eigenvalue weighted by Crippen LogP contribution is 2.28. The molecule has 0 spiro atoms. The molecule has 1 amide bonds. The van der Waals surface area contributed by atoms with Crippen molar-refractivity contribution in [3.8, 4) is 28.4 Å². The number of amides is 1. The van der Waals surface area contributed by atoms with Crippen LogP contribution in [0.15, 0.2) is 54.6 Å². The van der Waals surface area contributed by atoms with Gasteiger partial charge in [-0.25, -0.2) is 18.7 Å². The van der Waals surface area contributed by atoms with E-state index in [1.807, 2.05) is 0 Å². The Kier molecular flexibility index (Phi) is 7.22. The predicted molar refractivity (Wildman–Crippen MR) is 109 cm³/mol. The number of carbonyl (C=O) groups excluding carboxylic acids is 1. The lowest BCUT2D eigenvalue weighted by atomic mass is 10.1. The number of benzene rings is 2. The summed E-state index contributed by atoms with van der Waals surface area (Å²) < 4.78 is 66.8. The molecule has 0 aliphatic rings. The maximum Gasteiger partial charge on any atom is 0.573 e. The second-order valence-corrected chi connectivity index (χ2v) is 7.01. The second kappa shape index (κ2) is 9.90. The fraction of sp³-hybridized carbons (Fsp3) is 0.227. The molecule has 0 saturated carbocycles. The summed E-state index contributed by atoms with van der Waals surface area (Å²) in [5, 5.41) is 11.7. The minimum Gasteiger partial charge on any atom is -0.406 e. The largest absolute Gasteiger partial charge is 0.573 e. The Balaban J connectivity index is 2.02. The number of aliphatic hydroxyl groups is 1. The molecule has 1 unspecified atom stereocenters. The predicted octanol–water partition coefficient (Wildman–Crippen LogP) is 4.76. The number of rotatable bonds is 7. The Morgan fingerprint density at radius 1 is 1.03 bits per heavy atom. The summed E-state index contributed by atoms with van der Waals surface area (Å²) >= 11 is 0. The van der Waals surface area contributed by atoms with Crippen LogP contribution in [0.25, 0.3) is 22.6 Å². The molecule has 3 rings (SSSR count). The molecular formula is C22H18F5N3O3. The van der Waals surface area contributed by atoms with Gasteiger partial charge < -0.3 is 15.2 Å². The van der Waals surface area contributed by atoms with E-state index in [9.17, 15) is 31.9 Å². The van der Waals surface area contributed by atoms with Crippen LogP contribution >= 0.6 is 0 Å². The highest BCUT2D eigenvalue weighted by atomic mass is 19.4. The minimum absolute atomic E-state index is 0.0470. The van der Waals surface area contributed by atoms with Gasteiger partial charge >= 0.3 is 6.36 Å². The van der Waals surface area contributed by atoms with Crippen molar-refractivity contribution in [1.29, 1.82) is 0 Å². The van der Waals surface area contributed by atoms with Crippen molar-refractivity contribution in [2.45, 2.75) is 25.8 Å². The van der Waals surface area contributed by atoms with Crippen molar-refractivity contribution >= 4 is 5.91 Å². The summed E-state index contributed by atoms with van der Waals surface area (Å²) in [5.74, 6) is -1.01. The van der Waals surface area contributed by atoms with E-state index in [0.29, 0.717) is 11.1 Å². The summed E-state index contributed by atoms with van der Waals surface area (Å²) in [4.78, 5) is 21.1.